The van der Waals surface area contributed by atoms with Crippen molar-refractivity contribution in [2.75, 3.05) is 14.2 Å². The zero-order valence-electron chi connectivity index (χ0n) is 16.9. The highest BCUT2D eigenvalue weighted by molar-refractivity contribution is 5.87. The molecule has 0 saturated carbocycles. The number of aliphatic imine (C=N–C) groups is 1. The Labute approximate surface area is 175 Å². The molecule has 3 aromatic rings. The summed E-state index contributed by atoms with van der Waals surface area (Å²) in [6, 6.07) is 19.9. The van der Waals surface area contributed by atoms with Crippen molar-refractivity contribution in [3.8, 4) is 17.2 Å². The SMILES string of the molecule is COc1ccc(CN=Cc2cccc(OC)c2OCc2ccc(C(=O)O)cc2)cc1. The molecule has 0 bridgehead atoms. The second kappa shape index (κ2) is 10.1. The van der Waals surface area contributed by atoms with Crippen LogP contribution in [0.15, 0.2) is 71.7 Å². The Hall–Kier alpha value is -3.80. The molecule has 154 valence electrons. The lowest BCUT2D eigenvalue weighted by Gasteiger charge is -2.13. The van der Waals surface area contributed by atoms with Crippen molar-refractivity contribution in [2.45, 2.75) is 13.2 Å². The molecule has 0 aliphatic rings. The second-order valence-electron chi connectivity index (χ2n) is 6.49. The lowest BCUT2D eigenvalue weighted by atomic mass is 10.1. The number of carbonyl (C=O) groups is 1. The number of carboxylic acids is 1. The quantitative estimate of drug-likeness (QED) is 0.527. The fourth-order valence-corrected chi connectivity index (χ4v) is 2.83. The number of hydrogen-bond acceptors (Lipinski definition) is 5. The summed E-state index contributed by atoms with van der Waals surface area (Å²) in [5, 5.41) is 9.01. The summed E-state index contributed by atoms with van der Waals surface area (Å²) in [6.45, 7) is 0.802. The van der Waals surface area contributed by atoms with Gasteiger partial charge in [0.25, 0.3) is 0 Å². The molecule has 6 nitrogen and oxygen atoms in total. The molecule has 0 aliphatic heterocycles. The minimum atomic E-state index is -0.956. The van der Waals surface area contributed by atoms with Crippen molar-refractivity contribution in [1.82, 2.24) is 0 Å². The molecule has 3 aromatic carbocycles. The Balaban J connectivity index is 1.72. The Kier molecular flexibility index (Phi) is 7.05. The van der Waals surface area contributed by atoms with Gasteiger partial charge < -0.3 is 19.3 Å². The predicted octanol–water partition coefficient (Wildman–Crippen LogP) is 4.60. The summed E-state index contributed by atoms with van der Waals surface area (Å²) in [5.41, 5.74) is 2.95. The third-order valence-electron chi connectivity index (χ3n) is 4.48. The minimum absolute atomic E-state index is 0.238. The molecule has 0 saturated heterocycles. The first-order valence-corrected chi connectivity index (χ1v) is 9.35. The smallest absolute Gasteiger partial charge is 0.335 e. The lowest BCUT2D eigenvalue weighted by molar-refractivity contribution is 0.0697. The molecule has 0 aliphatic carbocycles. The van der Waals surface area contributed by atoms with Gasteiger partial charge in [-0.25, -0.2) is 4.79 Å². The van der Waals surface area contributed by atoms with Crippen LogP contribution in [0, 0.1) is 0 Å². The summed E-state index contributed by atoms with van der Waals surface area (Å²) < 4.78 is 16.6. The summed E-state index contributed by atoms with van der Waals surface area (Å²) in [7, 11) is 3.22. The molecule has 0 radical (unpaired) electrons. The van der Waals surface area contributed by atoms with Crippen molar-refractivity contribution in [2.24, 2.45) is 4.99 Å². The highest BCUT2D eigenvalue weighted by Crippen LogP contribution is 2.31. The van der Waals surface area contributed by atoms with Gasteiger partial charge in [-0.15, -0.1) is 0 Å². The number of nitrogens with zero attached hydrogens (tertiary/aromatic N) is 1. The van der Waals surface area contributed by atoms with E-state index < -0.39 is 5.97 Å². The first-order chi connectivity index (χ1) is 14.6. The van der Waals surface area contributed by atoms with Gasteiger partial charge in [0.1, 0.15) is 12.4 Å². The monoisotopic (exact) mass is 405 g/mol. The molecule has 3 rings (SSSR count). The predicted molar refractivity (Wildman–Crippen MR) is 115 cm³/mol. The van der Waals surface area contributed by atoms with Crippen molar-refractivity contribution >= 4 is 12.2 Å². The number of aromatic carboxylic acids is 1. The van der Waals surface area contributed by atoms with Crippen LogP contribution in [0.5, 0.6) is 17.2 Å². The van der Waals surface area contributed by atoms with Gasteiger partial charge in [0.15, 0.2) is 11.5 Å². The standard InChI is InChI=1S/C24H23NO5/c1-28-21-12-8-17(9-13-21)14-25-15-20-4-3-5-22(29-2)23(20)30-16-18-6-10-19(11-7-18)24(26)27/h3-13,15H,14,16H2,1-2H3,(H,26,27). The molecule has 0 spiro atoms. The van der Waals surface area contributed by atoms with E-state index in [-0.39, 0.29) is 12.2 Å². The van der Waals surface area contributed by atoms with E-state index in [1.54, 1.807) is 44.7 Å². The van der Waals surface area contributed by atoms with Gasteiger partial charge in [-0.2, -0.15) is 0 Å². The molecular formula is C24H23NO5. The maximum absolute atomic E-state index is 11.0. The summed E-state index contributed by atoms with van der Waals surface area (Å²) >= 11 is 0. The van der Waals surface area contributed by atoms with Crippen LogP contribution < -0.4 is 14.2 Å². The molecular weight excluding hydrogens is 382 g/mol. The Bertz CT molecular complexity index is 1010. The van der Waals surface area contributed by atoms with Gasteiger partial charge in [-0.1, -0.05) is 30.3 Å². The normalized spacial score (nSPS) is 10.7. The van der Waals surface area contributed by atoms with Crippen LogP contribution in [-0.4, -0.2) is 31.5 Å². The van der Waals surface area contributed by atoms with Crippen LogP contribution in [0.4, 0.5) is 0 Å². The van der Waals surface area contributed by atoms with Gasteiger partial charge in [0.2, 0.25) is 0 Å². The number of para-hydroxylation sites is 1. The summed E-state index contributed by atoms with van der Waals surface area (Å²) in [6.07, 6.45) is 1.76. The summed E-state index contributed by atoms with van der Waals surface area (Å²) in [5.74, 6) is 1.04. The minimum Gasteiger partial charge on any atom is -0.497 e. The highest BCUT2D eigenvalue weighted by Gasteiger charge is 2.10. The Morgan fingerprint density at radius 3 is 2.27 bits per heavy atom. The number of carboxylic acid groups (broad SMARTS) is 1. The van der Waals surface area contributed by atoms with Crippen molar-refractivity contribution < 1.29 is 24.1 Å². The lowest BCUT2D eigenvalue weighted by Crippen LogP contribution is -2.02. The number of rotatable bonds is 9. The third kappa shape index (κ3) is 5.38. The fraction of sp³-hybridized carbons (Fsp3) is 0.167. The van der Waals surface area contributed by atoms with Crippen LogP contribution in [0.25, 0.3) is 0 Å². The van der Waals surface area contributed by atoms with Gasteiger partial charge >= 0.3 is 5.97 Å². The zero-order chi connectivity index (χ0) is 21.3. The Morgan fingerprint density at radius 1 is 0.933 bits per heavy atom. The van der Waals surface area contributed by atoms with E-state index in [2.05, 4.69) is 4.99 Å². The van der Waals surface area contributed by atoms with E-state index in [4.69, 9.17) is 19.3 Å². The fourth-order valence-electron chi connectivity index (χ4n) is 2.83. The van der Waals surface area contributed by atoms with E-state index in [0.717, 1.165) is 22.4 Å². The number of methoxy groups -OCH3 is 2. The van der Waals surface area contributed by atoms with Crippen LogP contribution >= 0.6 is 0 Å². The second-order valence-corrected chi connectivity index (χ2v) is 6.49. The van der Waals surface area contributed by atoms with Crippen molar-refractivity contribution in [1.29, 1.82) is 0 Å². The highest BCUT2D eigenvalue weighted by atomic mass is 16.5. The molecule has 0 atom stereocenters. The maximum atomic E-state index is 11.0. The van der Waals surface area contributed by atoms with Gasteiger partial charge in [-0.3, -0.25) is 4.99 Å². The number of ether oxygens (including phenoxy) is 3. The van der Waals surface area contributed by atoms with Crippen LogP contribution in [0.2, 0.25) is 0 Å². The Morgan fingerprint density at radius 2 is 1.63 bits per heavy atom. The third-order valence-corrected chi connectivity index (χ3v) is 4.48. The van der Waals surface area contributed by atoms with E-state index in [9.17, 15) is 4.79 Å². The average Bonchev–Trinajstić information content (AvgIpc) is 2.78. The van der Waals surface area contributed by atoms with Gasteiger partial charge in [0.05, 0.1) is 26.3 Å². The molecule has 0 heterocycles. The topological polar surface area (TPSA) is 77.3 Å². The molecule has 30 heavy (non-hydrogen) atoms. The molecule has 1 N–H and O–H groups in total. The van der Waals surface area contributed by atoms with Crippen molar-refractivity contribution in [3.05, 3.63) is 89.0 Å². The van der Waals surface area contributed by atoms with Crippen molar-refractivity contribution in [3.63, 3.8) is 0 Å². The first kappa shape index (κ1) is 20.9. The van der Waals surface area contributed by atoms with Gasteiger partial charge in [-0.05, 0) is 47.5 Å². The van der Waals surface area contributed by atoms with Crippen LogP contribution in [-0.2, 0) is 13.2 Å². The van der Waals surface area contributed by atoms with E-state index in [1.807, 2.05) is 42.5 Å². The number of benzene rings is 3. The first-order valence-electron chi connectivity index (χ1n) is 9.35. The summed E-state index contributed by atoms with van der Waals surface area (Å²) in [4.78, 5) is 15.5. The average molecular weight is 405 g/mol. The number of hydrogen-bond donors (Lipinski definition) is 1. The molecule has 6 heteroatoms. The molecule has 0 unspecified atom stereocenters. The van der Waals surface area contributed by atoms with Crippen LogP contribution in [0.3, 0.4) is 0 Å². The molecule has 0 fully saturated rings. The maximum Gasteiger partial charge on any atom is 0.335 e. The molecule has 0 amide bonds. The zero-order valence-corrected chi connectivity index (χ0v) is 16.9. The van der Waals surface area contributed by atoms with Crippen LogP contribution in [0.1, 0.15) is 27.0 Å². The van der Waals surface area contributed by atoms with E-state index in [0.29, 0.717) is 18.0 Å². The van der Waals surface area contributed by atoms with E-state index >= 15 is 0 Å². The largest absolute Gasteiger partial charge is 0.497 e. The van der Waals surface area contributed by atoms with Gasteiger partial charge in [0, 0.05) is 11.8 Å². The molecule has 0 aromatic heterocycles. The van der Waals surface area contributed by atoms with E-state index in [1.165, 1.54) is 0 Å².